The Morgan fingerprint density at radius 1 is 0.839 bits per heavy atom. The lowest BCUT2D eigenvalue weighted by Gasteiger charge is -2.13. The molecule has 0 fully saturated rings. The van der Waals surface area contributed by atoms with Crippen molar-refractivity contribution >= 4 is 28.7 Å². The van der Waals surface area contributed by atoms with Crippen LogP contribution in [-0.4, -0.2) is 15.3 Å². The number of rotatable bonds is 5. The van der Waals surface area contributed by atoms with Crippen LogP contribution in [0.15, 0.2) is 78.2 Å². The number of furan rings is 1. The third-order valence-corrected chi connectivity index (χ3v) is 5.19. The highest BCUT2D eigenvalue weighted by molar-refractivity contribution is 5.90. The predicted octanol–water partition coefficient (Wildman–Crippen LogP) is 6.95. The molecule has 0 aliphatic heterocycles. The fourth-order valence-electron chi connectivity index (χ4n) is 3.57. The molecule has 0 aliphatic carbocycles. The SMILES string of the molecule is C=Cc1ccc(O)c(C(=C)c2cc(-c3cc4cc(/C=C/C)ccc4o3)c(O)cc2O)c1. The van der Waals surface area contributed by atoms with Crippen LogP contribution < -0.4 is 0 Å². The molecule has 1 aromatic heterocycles. The maximum atomic E-state index is 10.5. The van der Waals surface area contributed by atoms with Gasteiger partial charge in [-0.2, -0.15) is 0 Å². The summed E-state index contributed by atoms with van der Waals surface area (Å²) in [6.07, 6.45) is 5.62. The summed E-state index contributed by atoms with van der Waals surface area (Å²) >= 11 is 0. The average molecular weight is 410 g/mol. The molecular weight excluding hydrogens is 388 g/mol. The number of benzene rings is 3. The molecule has 4 aromatic rings. The molecule has 0 atom stereocenters. The maximum absolute atomic E-state index is 10.5. The number of allylic oxidation sites excluding steroid dienone is 1. The van der Waals surface area contributed by atoms with Gasteiger partial charge >= 0.3 is 0 Å². The summed E-state index contributed by atoms with van der Waals surface area (Å²) in [5.41, 5.74) is 4.20. The summed E-state index contributed by atoms with van der Waals surface area (Å²) < 4.78 is 5.95. The molecule has 4 rings (SSSR count). The number of phenolic OH excluding ortho intramolecular Hbond substituents is 3. The molecule has 4 heteroatoms. The third kappa shape index (κ3) is 3.71. The minimum Gasteiger partial charge on any atom is -0.507 e. The van der Waals surface area contributed by atoms with Crippen LogP contribution in [0, 0.1) is 0 Å². The van der Waals surface area contributed by atoms with Crippen molar-refractivity contribution < 1.29 is 19.7 Å². The third-order valence-electron chi connectivity index (χ3n) is 5.19. The monoisotopic (exact) mass is 410 g/mol. The van der Waals surface area contributed by atoms with Gasteiger partial charge in [-0.25, -0.2) is 0 Å². The van der Waals surface area contributed by atoms with Gasteiger partial charge in [0, 0.05) is 22.6 Å². The molecule has 3 aromatic carbocycles. The zero-order valence-electron chi connectivity index (χ0n) is 17.1. The molecular formula is C27H22O4. The highest BCUT2D eigenvalue weighted by atomic mass is 16.3. The lowest BCUT2D eigenvalue weighted by Crippen LogP contribution is -1.91. The number of fused-ring (bicyclic) bond motifs is 1. The predicted molar refractivity (Wildman–Crippen MR) is 126 cm³/mol. The molecule has 0 amide bonds. The van der Waals surface area contributed by atoms with Gasteiger partial charge in [0.05, 0.1) is 5.56 Å². The van der Waals surface area contributed by atoms with Crippen LogP contribution in [0.4, 0.5) is 0 Å². The van der Waals surface area contributed by atoms with E-state index in [4.69, 9.17) is 4.42 Å². The Hall–Kier alpha value is -4.18. The largest absolute Gasteiger partial charge is 0.507 e. The zero-order chi connectivity index (χ0) is 22.1. The number of phenols is 3. The quantitative estimate of drug-likeness (QED) is 0.333. The van der Waals surface area contributed by atoms with Crippen LogP contribution in [0.5, 0.6) is 17.2 Å². The molecule has 0 bridgehead atoms. The van der Waals surface area contributed by atoms with Crippen LogP contribution in [0.25, 0.3) is 40.0 Å². The van der Waals surface area contributed by atoms with Gasteiger partial charge in [-0.3, -0.25) is 0 Å². The van der Waals surface area contributed by atoms with Crippen LogP contribution in [0.2, 0.25) is 0 Å². The van der Waals surface area contributed by atoms with Gasteiger partial charge in [-0.1, -0.05) is 43.5 Å². The Bertz CT molecular complexity index is 1360. The topological polar surface area (TPSA) is 73.8 Å². The van der Waals surface area contributed by atoms with Crippen LogP contribution in [-0.2, 0) is 0 Å². The Labute approximate surface area is 180 Å². The Morgan fingerprint density at radius 3 is 2.32 bits per heavy atom. The summed E-state index contributed by atoms with van der Waals surface area (Å²) in [6.45, 7) is 9.76. The van der Waals surface area contributed by atoms with E-state index >= 15 is 0 Å². The first-order valence-electron chi connectivity index (χ1n) is 9.79. The lowest BCUT2D eigenvalue weighted by molar-refractivity contribution is 0.449. The normalized spacial score (nSPS) is 11.3. The van der Waals surface area contributed by atoms with Gasteiger partial charge in [0.15, 0.2) is 0 Å². The van der Waals surface area contributed by atoms with E-state index in [1.54, 1.807) is 30.3 Å². The van der Waals surface area contributed by atoms with Crippen LogP contribution >= 0.6 is 0 Å². The summed E-state index contributed by atoms with van der Waals surface area (Å²) in [7, 11) is 0. The summed E-state index contributed by atoms with van der Waals surface area (Å²) in [6, 6.07) is 15.6. The van der Waals surface area contributed by atoms with E-state index in [1.807, 2.05) is 43.3 Å². The first-order valence-corrected chi connectivity index (χ1v) is 9.79. The molecule has 0 aliphatic rings. The lowest BCUT2D eigenvalue weighted by atomic mass is 9.94. The number of hydrogen-bond acceptors (Lipinski definition) is 4. The van der Waals surface area contributed by atoms with E-state index in [0.29, 0.717) is 33.6 Å². The molecule has 4 nitrogen and oxygen atoms in total. The zero-order valence-corrected chi connectivity index (χ0v) is 17.1. The van der Waals surface area contributed by atoms with Crippen molar-refractivity contribution in [2.45, 2.75) is 6.92 Å². The van der Waals surface area contributed by atoms with E-state index in [9.17, 15) is 15.3 Å². The molecule has 154 valence electrons. The van der Waals surface area contributed by atoms with Crippen molar-refractivity contribution in [2.75, 3.05) is 0 Å². The fourth-order valence-corrected chi connectivity index (χ4v) is 3.57. The summed E-state index contributed by atoms with van der Waals surface area (Å²) in [5.74, 6) is 0.222. The Balaban J connectivity index is 1.83. The van der Waals surface area contributed by atoms with Crippen molar-refractivity contribution in [1.82, 2.24) is 0 Å². The standard InChI is InChI=1S/C27H22O4/c1-4-6-18-8-10-26-19(11-18)13-27(31-26)22-14-21(24(29)15-25(22)30)16(3)20-12-17(5-2)7-9-23(20)28/h4-15,28-30H,2-3H2,1H3/b6-4+. The first-order chi connectivity index (χ1) is 14.9. The van der Waals surface area contributed by atoms with E-state index in [0.717, 1.165) is 16.5 Å². The second-order valence-corrected chi connectivity index (χ2v) is 7.25. The van der Waals surface area contributed by atoms with Crippen LogP contribution in [0.1, 0.15) is 29.2 Å². The molecule has 0 unspecified atom stereocenters. The summed E-state index contributed by atoms with van der Waals surface area (Å²) in [5, 5.41) is 32.2. The van der Waals surface area contributed by atoms with Gasteiger partial charge in [-0.05, 0) is 60.0 Å². The van der Waals surface area contributed by atoms with Gasteiger partial charge in [0.2, 0.25) is 0 Å². The fraction of sp³-hybridized carbons (Fsp3) is 0.0370. The van der Waals surface area contributed by atoms with Gasteiger partial charge < -0.3 is 19.7 Å². The Morgan fingerprint density at radius 2 is 1.58 bits per heavy atom. The highest BCUT2D eigenvalue weighted by Gasteiger charge is 2.18. The van der Waals surface area contributed by atoms with E-state index in [-0.39, 0.29) is 17.2 Å². The average Bonchev–Trinajstić information content (AvgIpc) is 3.17. The number of aromatic hydroxyl groups is 3. The van der Waals surface area contributed by atoms with Crippen LogP contribution in [0.3, 0.4) is 0 Å². The number of hydrogen-bond donors (Lipinski definition) is 3. The molecule has 1 heterocycles. The smallest absolute Gasteiger partial charge is 0.139 e. The molecule has 0 saturated carbocycles. The van der Waals surface area contributed by atoms with Crippen molar-refractivity contribution in [1.29, 1.82) is 0 Å². The minimum atomic E-state index is -0.152. The van der Waals surface area contributed by atoms with Gasteiger partial charge in [0.25, 0.3) is 0 Å². The molecule has 0 spiro atoms. The van der Waals surface area contributed by atoms with Crippen molar-refractivity contribution in [3.63, 3.8) is 0 Å². The molecule has 0 radical (unpaired) electrons. The van der Waals surface area contributed by atoms with Gasteiger partial charge in [-0.15, -0.1) is 0 Å². The highest BCUT2D eigenvalue weighted by Crippen LogP contribution is 2.42. The maximum Gasteiger partial charge on any atom is 0.139 e. The second-order valence-electron chi connectivity index (χ2n) is 7.25. The van der Waals surface area contributed by atoms with Crippen molar-refractivity contribution in [3.8, 4) is 28.6 Å². The molecule has 0 saturated heterocycles. The molecule has 3 N–H and O–H groups in total. The minimum absolute atomic E-state index is 0.0323. The second kappa shape index (κ2) is 7.92. The Kier molecular flexibility index (Phi) is 5.14. The van der Waals surface area contributed by atoms with Gasteiger partial charge in [0.1, 0.15) is 28.6 Å². The summed E-state index contributed by atoms with van der Waals surface area (Å²) in [4.78, 5) is 0. The van der Waals surface area contributed by atoms with E-state index in [1.165, 1.54) is 6.07 Å². The van der Waals surface area contributed by atoms with Crippen molar-refractivity contribution in [3.05, 3.63) is 96.1 Å². The molecule has 31 heavy (non-hydrogen) atoms. The van der Waals surface area contributed by atoms with E-state index < -0.39 is 0 Å². The van der Waals surface area contributed by atoms with E-state index in [2.05, 4.69) is 13.2 Å². The van der Waals surface area contributed by atoms with Crippen molar-refractivity contribution in [2.24, 2.45) is 0 Å². The first kappa shape index (κ1) is 20.1.